The van der Waals surface area contributed by atoms with Gasteiger partial charge in [-0.05, 0) is 43.9 Å². The lowest BCUT2D eigenvalue weighted by Gasteiger charge is -2.28. The Labute approximate surface area is 200 Å². The first-order valence-corrected chi connectivity index (χ1v) is 11.8. The largest absolute Gasteiger partial charge is 0.481 e. The van der Waals surface area contributed by atoms with Crippen molar-refractivity contribution in [3.05, 3.63) is 33.8 Å². The first-order valence-electron chi connectivity index (χ1n) is 11.0. The van der Waals surface area contributed by atoms with Crippen molar-refractivity contribution in [1.82, 2.24) is 10.2 Å². The second-order valence-corrected chi connectivity index (χ2v) is 8.46. The summed E-state index contributed by atoms with van der Waals surface area (Å²) in [5.41, 5.74) is 0.392. The minimum Gasteiger partial charge on any atom is -0.481 e. The van der Waals surface area contributed by atoms with Crippen LogP contribution in [0.4, 0.5) is 0 Å². The van der Waals surface area contributed by atoms with Crippen molar-refractivity contribution in [2.24, 2.45) is 0 Å². The number of benzene rings is 1. The summed E-state index contributed by atoms with van der Waals surface area (Å²) in [6.45, 7) is 3.75. The summed E-state index contributed by atoms with van der Waals surface area (Å²) in [6, 6.07) is 3.99. The molecule has 32 heavy (non-hydrogen) atoms. The highest BCUT2D eigenvalue weighted by Gasteiger charge is 2.24. The SMILES string of the molecule is CCCCCN(CCCOC)C(=O)C(CCCC(=O)O)NCC(=O)c1ccc(Cl)c(Cl)c1. The van der Waals surface area contributed by atoms with Crippen molar-refractivity contribution < 1.29 is 24.2 Å². The van der Waals surface area contributed by atoms with Gasteiger partial charge in [0.05, 0.1) is 22.6 Å². The van der Waals surface area contributed by atoms with Gasteiger partial charge in [-0.15, -0.1) is 0 Å². The second kappa shape index (κ2) is 16.0. The Morgan fingerprint density at radius 1 is 1.09 bits per heavy atom. The predicted octanol–water partition coefficient (Wildman–Crippen LogP) is 4.44. The Morgan fingerprint density at radius 3 is 2.44 bits per heavy atom. The predicted molar refractivity (Wildman–Crippen MR) is 127 cm³/mol. The summed E-state index contributed by atoms with van der Waals surface area (Å²) in [7, 11) is 1.62. The van der Waals surface area contributed by atoms with Crippen LogP contribution in [0.15, 0.2) is 18.2 Å². The van der Waals surface area contributed by atoms with Crippen molar-refractivity contribution in [3.63, 3.8) is 0 Å². The molecule has 1 aromatic carbocycles. The number of methoxy groups -OCH3 is 1. The van der Waals surface area contributed by atoms with E-state index in [4.69, 9.17) is 33.0 Å². The van der Waals surface area contributed by atoms with Crippen LogP contribution in [0.1, 0.15) is 62.2 Å². The van der Waals surface area contributed by atoms with Crippen molar-refractivity contribution >= 4 is 40.9 Å². The lowest BCUT2D eigenvalue weighted by atomic mass is 10.1. The molecule has 7 nitrogen and oxygen atoms in total. The number of halogens is 2. The number of ketones is 1. The van der Waals surface area contributed by atoms with E-state index in [9.17, 15) is 14.4 Å². The van der Waals surface area contributed by atoms with E-state index in [1.165, 1.54) is 6.07 Å². The lowest BCUT2D eigenvalue weighted by molar-refractivity contribution is -0.138. The van der Waals surface area contributed by atoms with Crippen LogP contribution < -0.4 is 5.32 Å². The molecule has 0 bridgehead atoms. The number of unbranched alkanes of at least 4 members (excludes halogenated alkanes) is 2. The molecule has 1 atom stereocenters. The summed E-state index contributed by atoms with van der Waals surface area (Å²) in [6.07, 6.45) is 4.28. The van der Waals surface area contributed by atoms with Crippen molar-refractivity contribution in [2.75, 3.05) is 33.4 Å². The van der Waals surface area contributed by atoms with Gasteiger partial charge in [-0.2, -0.15) is 0 Å². The maximum Gasteiger partial charge on any atom is 0.303 e. The van der Waals surface area contributed by atoms with E-state index in [-0.39, 0.29) is 29.7 Å². The molecule has 0 aliphatic heterocycles. The van der Waals surface area contributed by atoms with Gasteiger partial charge in [0.1, 0.15) is 0 Å². The van der Waals surface area contributed by atoms with E-state index < -0.39 is 12.0 Å². The van der Waals surface area contributed by atoms with E-state index in [1.807, 2.05) is 0 Å². The Bertz CT molecular complexity index is 735. The average molecular weight is 489 g/mol. The molecule has 0 aliphatic rings. The maximum atomic E-state index is 13.3. The normalized spacial score (nSPS) is 11.9. The first kappa shape index (κ1) is 28.4. The first-order chi connectivity index (χ1) is 15.3. The third-order valence-corrected chi connectivity index (χ3v) is 5.79. The number of carbonyl (C=O) groups is 3. The van der Waals surface area contributed by atoms with Crippen molar-refractivity contribution in [2.45, 2.75) is 57.9 Å². The Morgan fingerprint density at radius 2 is 1.81 bits per heavy atom. The average Bonchev–Trinajstić information content (AvgIpc) is 2.76. The van der Waals surface area contributed by atoms with E-state index >= 15 is 0 Å². The van der Waals surface area contributed by atoms with Gasteiger partial charge < -0.3 is 14.7 Å². The second-order valence-electron chi connectivity index (χ2n) is 7.65. The summed E-state index contributed by atoms with van der Waals surface area (Å²) >= 11 is 11.9. The number of hydrogen-bond donors (Lipinski definition) is 2. The Kier molecular flexibility index (Phi) is 14.2. The van der Waals surface area contributed by atoms with Crippen LogP contribution in [0.25, 0.3) is 0 Å². The molecule has 2 N–H and O–H groups in total. The molecule has 0 saturated heterocycles. The van der Waals surface area contributed by atoms with Gasteiger partial charge in [0, 0.05) is 38.8 Å². The standard InChI is InChI=1S/C23H34Cl2N2O5/c1-3-4-5-12-27(13-7-14-32-2)23(31)20(8-6-9-22(29)30)26-16-21(28)17-10-11-18(24)19(25)15-17/h10-11,15,20,26H,3-9,12-14,16H2,1-2H3,(H,29,30). The van der Waals surface area contributed by atoms with Crippen LogP contribution in [0, 0.1) is 0 Å². The van der Waals surface area contributed by atoms with Gasteiger partial charge in [0.25, 0.3) is 0 Å². The van der Waals surface area contributed by atoms with Gasteiger partial charge in [-0.1, -0.05) is 43.0 Å². The number of carbonyl (C=O) groups excluding carboxylic acids is 2. The molecule has 0 fully saturated rings. The van der Waals surface area contributed by atoms with Crippen molar-refractivity contribution in [1.29, 1.82) is 0 Å². The van der Waals surface area contributed by atoms with E-state index in [0.29, 0.717) is 49.5 Å². The Balaban J connectivity index is 2.87. The van der Waals surface area contributed by atoms with Crippen LogP contribution in [0.5, 0.6) is 0 Å². The smallest absolute Gasteiger partial charge is 0.303 e. The zero-order chi connectivity index (χ0) is 23.9. The van der Waals surface area contributed by atoms with E-state index in [2.05, 4.69) is 12.2 Å². The highest BCUT2D eigenvalue weighted by atomic mass is 35.5. The molecule has 0 saturated carbocycles. The summed E-state index contributed by atoms with van der Waals surface area (Å²) in [4.78, 5) is 38.6. The van der Waals surface area contributed by atoms with Gasteiger partial charge in [0.2, 0.25) is 5.91 Å². The summed E-state index contributed by atoms with van der Waals surface area (Å²) in [5.74, 6) is -1.26. The zero-order valence-corrected chi connectivity index (χ0v) is 20.4. The number of nitrogens with zero attached hydrogens (tertiary/aromatic N) is 1. The number of amides is 1. The number of carboxylic acids is 1. The van der Waals surface area contributed by atoms with Gasteiger partial charge in [-0.25, -0.2) is 0 Å². The highest BCUT2D eigenvalue weighted by Crippen LogP contribution is 2.22. The molecule has 0 spiro atoms. The van der Waals surface area contributed by atoms with Crippen LogP contribution >= 0.6 is 23.2 Å². The fraction of sp³-hybridized carbons (Fsp3) is 0.609. The molecule has 0 aliphatic carbocycles. The molecule has 0 heterocycles. The molecule has 0 aromatic heterocycles. The van der Waals surface area contributed by atoms with Crippen LogP contribution in [0.2, 0.25) is 10.0 Å². The number of rotatable bonds is 17. The lowest BCUT2D eigenvalue weighted by Crippen LogP contribution is -2.48. The molecule has 1 aromatic rings. The van der Waals surface area contributed by atoms with Crippen LogP contribution in [-0.4, -0.2) is 67.1 Å². The quantitative estimate of drug-likeness (QED) is 0.248. The van der Waals surface area contributed by atoms with Gasteiger partial charge in [-0.3, -0.25) is 19.7 Å². The summed E-state index contributed by atoms with van der Waals surface area (Å²) in [5, 5.41) is 12.7. The molecule has 9 heteroatoms. The Hall–Kier alpha value is -1.67. The van der Waals surface area contributed by atoms with Gasteiger partial charge in [0.15, 0.2) is 5.78 Å². The third kappa shape index (κ3) is 10.8. The fourth-order valence-electron chi connectivity index (χ4n) is 3.26. The van der Waals surface area contributed by atoms with Crippen LogP contribution in [0.3, 0.4) is 0 Å². The molecule has 1 amide bonds. The molecule has 1 rings (SSSR count). The summed E-state index contributed by atoms with van der Waals surface area (Å²) < 4.78 is 5.11. The number of carboxylic acid groups (broad SMARTS) is 1. The van der Waals surface area contributed by atoms with Crippen molar-refractivity contribution in [3.8, 4) is 0 Å². The monoisotopic (exact) mass is 488 g/mol. The van der Waals surface area contributed by atoms with Crippen LogP contribution in [-0.2, 0) is 14.3 Å². The zero-order valence-electron chi connectivity index (χ0n) is 18.9. The fourth-order valence-corrected chi connectivity index (χ4v) is 3.56. The minimum atomic E-state index is -0.914. The number of aliphatic carboxylic acids is 1. The maximum absolute atomic E-state index is 13.3. The molecule has 1 unspecified atom stereocenters. The number of hydrogen-bond acceptors (Lipinski definition) is 5. The minimum absolute atomic E-state index is 0.0360. The number of ether oxygens (including phenoxy) is 1. The highest BCUT2D eigenvalue weighted by molar-refractivity contribution is 6.42. The number of Topliss-reactive ketones (excluding diaryl/α,β-unsaturated/α-hetero) is 1. The number of nitrogens with one attached hydrogen (secondary N) is 1. The van der Waals surface area contributed by atoms with Gasteiger partial charge >= 0.3 is 5.97 Å². The van der Waals surface area contributed by atoms with E-state index in [1.54, 1.807) is 24.1 Å². The molecule has 0 radical (unpaired) electrons. The third-order valence-electron chi connectivity index (χ3n) is 5.05. The molecule has 180 valence electrons. The molecular weight excluding hydrogens is 455 g/mol. The molecular formula is C23H34Cl2N2O5. The topological polar surface area (TPSA) is 95.9 Å². The van der Waals surface area contributed by atoms with E-state index in [0.717, 1.165) is 19.3 Å².